The number of ether oxygens (including phenoxy) is 2. The quantitative estimate of drug-likeness (QED) is 0.382. The zero-order valence-electron chi connectivity index (χ0n) is 15.0. The van der Waals surface area contributed by atoms with Gasteiger partial charge in [-0.15, -0.1) is 35.3 Å². The number of hydrogen-bond acceptors (Lipinski definition) is 5. The van der Waals surface area contributed by atoms with Gasteiger partial charge >= 0.3 is 0 Å². The van der Waals surface area contributed by atoms with Crippen molar-refractivity contribution in [2.45, 2.75) is 45.8 Å². The van der Waals surface area contributed by atoms with Gasteiger partial charge in [0.1, 0.15) is 5.01 Å². The predicted molar refractivity (Wildman–Crippen MR) is 110 cm³/mol. The van der Waals surface area contributed by atoms with Gasteiger partial charge in [-0.3, -0.25) is 0 Å². The maximum atomic E-state index is 5.75. The molecule has 6 nitrogen and oxygen atoms in total. The first-order valence-corrected chi connectivity index (χ1v) is 8.98. The van der Waals surface area contributed by atoms with Gasteiger partial charge in [0.05, 0.1) is 17.8 Å². The molecule has 0 radical (unpaired) electrons. The molecular formula is C16H29IN4O2S. The Kier molecular flexibility index (Phi) is 9.47. The first kappa shape index (κ1) is 21.6. The summed E-state index contributed by atoms with van der Waals surface area (Å²) < 4.78 is 11.2. The van der Waals surface area contributed by atoms with E-state index in [2.05, 4.69) is 34.5 Å². The second-order valence-corrected chi connectivity index (χ2v) is 7.09. The van der Waals surface area contributed by atoms with Crippen LogP contribution in [-0.4, -0.2) is 50.0 Å². The highest BCUT2D eigenvalue weighted by Gasteiger charge is 2.32. The van der Waals surface area contributed by atoms with Gasteiger partial charge in [0.15, 0.2) is 5.96 Å². The maximum Gasteiger partial charge on any atom is 0.191 e. The Labute approximate surface area is 165 Å². The predicted octanol–water partition coefficient (Wildman–Crippen LogP) is 2.63. The van der Waals surface area contributed by atoms with Crippen LogP contribution in [0.2, 0.25) is 0 Å². The van der Waals surface area contributed by atoms with E-state index in [0.29, 0.717) is 6.54 Å². The molecule has 0 saturated carbocycles. The molecule has 0 unspecified atom stereocenters. The van der Waals surface area contributed by atoms with Gasteiger partial charge in [-0.05, 0) is 20.8 Å². The number of guanidine groups is 1. The molecule has 1 aromatic heterocycles. The molecule has 8 heteroatoms. The molecule has 2 rings (SSSR count). The van der Waals surface area contributed by atoms with E-state index in [4.69, 9.17) is 9.47 Å². The van der Waals surface area contributed by atoms with Crippen molar-refractivity contribution >= 4 is 41.3 Å². The van der Waals surface area contributed by atoms with Crippen LogP contribution >= 0.6 is 35.3 Å². The summed E-state index contributed by atoms with van der Waals surface area (Å²) in [6, 6.07) is 0. The zero-order chi connectivity index (χ0) is 16.7. The number of methoxy groups -OCH3 is 1. The second kappa shape index (κ2) is 10.5. The molecule has 24 heavy (non-hydrogen) atoms. The Morgan fingerprint density at radius 3 is 2.58 bits per heavy atom. The number of hydrogen-bond donors (Lipinski definition) is 2. The van der Waals surface area contributed by atoms with Crippen LogP contribution in [0.25, 0.3) is 0 Å². The number of halogens is 1. The number of aliphatic imine (C=N–C) groups is 1. The van der Waals surface area contributed by atoms with Crippen LogP contribution in [0.3, 0.4) is 0 Å². The van der Waals surface area contributed by atoms with Crippen molar-refractivity contribution in [2.75, 3.05) is 33.4 Å². The summed E-state index contributed by atoms with van der Waals surface area (Å²) in [7, 11) is 1.78. The monoisotopic (exact) mass is 468 g/mol. The molecule has 1 fully saturated rings. The van der Waals surface area contributed by atoms with Crippen molar-refractivity contribution in [3.8, 4) is 0 Å². The van der Waals surface area contributed by atoms with Crippen molar-refractivity contribution in [1.82, 2.24) is 15.6 Å². The average Bonchev–Trinajstić information content (AvgIpc) is 2.89. The third-order valence-corrected chi connectivity index (χ3v) is 5.26. The van der Waals surface area contributed by atoms with E-state index in [1.54, 1.807) is 18.4 Å². The highest BCUT2D eigenvalue weighted by molar-refractivity contribution is 14.0. The summed E-state index contributed by atoms with van der Waals surface area (Å²) in [6.07, 6.45) is 1.81. The summed E-state index contributed by atoms with van der Waals surface area (Å²) >= 11 is 1.71. The standard InChI is InChI=1S/C16H28N4O2S.HI/c1-5-17-15(18-10-14-20-12(2)13(3)23-14)19-11-16(21-4)6-8-22-9-7-16;/h5-11H2,1-4H3,(H2,17,18,19);1H. The largest absolute Gasteiger partial charge is 0.381 e. The van der Waals surface area contributed by atoms with Crippen molar-refractivity contribution in [3.63, 3.8) is 0 Å². The van der Waals surface area contributed by atoms with E-state index < -0.39 is 0 Å². The Bertz CT molecular complexity index is 511. The number of aryl methyl sites for hydroxylation is 2. The van der Waals surface area contributed by atoms with Gasteiger partial charge in [0, 0.05) is 51.1 Å². The third-order valence-electron chi connectivity index (χ3n) is 4.20. The smallest absolute Gasteiger partial charge is 0.191 e. The van der Waals surface area contributed by atoms with Crippen LogP contribution in [0, 0.1) is 13.8 Å². The minimum atomic E-state index is -0.164. The Hall–Kier alpha value is -0.450. The van der Waals surface area contributed by atoms with Crippen LogP contribution in [0.4, 0.5) is 0 Å². The lowest BCUT2D eigenvalue weighted by Gasteiger charge is -2.36. The van der Waals surface area contributed by atoms with E-state index in [0.717, 1.165) is 55.8 Å². The summed E-state index contributed by atoms with van der Waals surface area (Å²) in [6.45, 7) is 9.85. The minimum absolute atomic E-state index is 0. The molecule has 0 amide bonds. The highest BCUT2D eigenvalue weighted by atomic mass is 127. The van der Waals surface area contributed by atoms with Gasteiger partial charge in [-0.2, -0.15) is 0 Å². The van der Waals surface area contributed by atoms with Crippen LogP contribution in [-0.2, 0) is 16.0 Å². The van der Waals surface area contributed by atoms with E-state index in [1.165, 1.54) is 4.88 Å². The lowest BCUT2D eigenvalue weighted by atomic mass is 9.94. The Morgan fingerprint density at radius 1 is 1.33 bits per heavy atom. The fourth-order valence-corrected chi connectivity index (χ4v) is 3.39. The summed E-state index contributed by atoms with van der Waals surface area (Å²) in [4.78, 5) is 10.4. The summed E-state index contributed by atoms with van der Waals surface area (Å²) in [5.41, 5.74) is 0.932. The summed E-state index contributed by atoms with van der Waals surface area (Å²) in [5.74, 6) is 0.806. The molecule has 0 aliphatic carbocycles. The number of aromatic nitrogens is 1. The fourth-order valence-electron chi connectivity index (χ4n) is 2.54. The zero-order valence-corrected chi connectivity index (χ0v) is 18.1. The molecule has 1 aromatic rings. The van der Waals surface area contributed by atoms with E-state index >= 15 is 0 Å². The maximum absolute atomic E-state index is 5.75. The molecule has 0 spiro atoms. The third kappa shape index (κ3) is 6.12. The molecular weight excluding hydrogens is 439 g/mol. The average molecular weight is 468 g/mol. The first-order valence-electron chi connectivity index (χ1n) is 8.16. The topological polar surface area (TPSA) is 67.8 Å². The van der Waals surface area contributed by atoms with Crippen LogP contribution in [0.5, 0.6) is 0 Å². The lowest BCUT2D eigenvalue weighted by molar-refractivity contribution is -0.0855. The summed E-state index contributed by atoms with van der Waals surface area (Å²) in [5, 5.41) is 7.74. The number of nitrogens with zero attached hydrogens (tertiary/aromatic N) is 2. The van der Waals surface area contributed by atoms with Crippen LogP contribution < -0.4 is 10.6 Å². The SMILES string of the molecule is CCNC(=NCc1nc(C)c(C)s1)NCC1(OC)CCOCC1.I. The van der Waals surface area contributed by atoms with Crippen molar-refractivity contribution in [1.29, 1.82) is 0 Å². The Morgan fingerprint density at radius 2 is 2.04 bits per heavy atom. The molecule has 0 bridgehead atoms. The van der Waals surface area contributed by atoms with Crippen molar-refractivity contribution in [2.24, 2.45) is 4.99 Å². The molecule has 1 aliphatic heterocycles. The molecule has 2 N–H and O–H groups in total. The first-order chi connectivity index (χ1) is 11.1. The van der Waals surface area contributed by atoms with Gasteiger partial charge < -0.3 is 20.1 Å². The van der Waals surface area contributed by atoms with Crippen LogP contribution in [0.15, 0.2) is 4.99 Å². The molecule has 1 aliphatic rings. The van der Waals surface area contributed by atoms with Gasteiger partial charge in [-0.25, -0.2) is 9.98 Å². The van der Waals surface area contributed by atoms with E-state index in [9.17, 15) is 0 Å². The van der Waals surface area contributed by atoms with Gasteiger partial charge in [0.25, 0.3) is 0 Å². The van der Waals surface area contributed by atoms with Gasteiger partial charge in [0.2, 0.25) is 0 Å². The highest BCUT2D eigenvalue weighted by Crippen LogP contribution is 2.23. The molecule has 138 valence electrons. The minimum Gasteiger partial charge on any atom is -0.381 e. The van der Waals surface area contributed by atoms with Crippen molar-refractivity contribution in [3.05, 3.63) is 15.6 Å². The number of rotatable bonds is 6. The normalized spacial score (nSPS) is 17.2. The van der Waals surface area contributed by atoms with Gasteiger partial charge in [-0.1, -0.05) is 0 Å². The molecule has 0 aromatic carbocycles. The fraction of sp³-hybridized carbons (Fsp3) is 0.750. The van der Waals surface area contributed by atoms with E-state index in [1.807, 2.05) is 6.92 Å². The molecule has 0 atom stereocenters. The second-order valence-electron chi connectivity index (χ2n) is 5.80. The lowest BCUT2D eigenvalue weighted by Crippen LogP contribution is -2.50. The van der Waals surface area contributed by atoms with E-state index in [-0.39, 0.29) is 29.6 Å². The van der Waals surface area contributed by atoms with Crippen molar-refractivity contribution < 1.29 is 9.47 Å². The number of nitrogens with one attached hydrogen (secondary N) is 2. The number of thiazole rings is 1. The molecule has 1 saturated heterocycles. The Balaban J connectivity index is 0.00000288. The molecule has 2 heterocycles. The van der Waals surface area contributed by atoms with Crippen LogP contribution in [0.1, 0.15) is 35.3 Å².